The largest absolute Gasteiger partial charge is 0.324 e. The maximum absolute atomic E-state index is 12.5. The zero-order chi connectivity index (χ0) is 15.4. The van der Waals surface area contributed by atoms with Crippen molar-refractivity contribution in [2.75, 3.05) is 11.9 Å². The molecule has 1 unspecified atom stereocenters. The first-order valence-corrected chi connectivity index (χ1v) is 8.09. The van der Waals surface area contributed by atoms with Gasteiger partial charge in [-0.3, -0.25) is 0 Å². The number of likely N-dealkylation sites (tertiary alicyclic amines) is 1. The standard InChI is InChI=1S/C18H23N3O/c1-2-16-7-3-4-14-21(16)18(22)19-15-8-10-17(11-9-15)20-12-5-6-13-20/h5-6,8-13,16H,2-4,7,14H2,1H3,(H,19,22). The van der Waals surface area contributed by atoms with Gasteiger partial charge in [-0.15, -0.1) is 0 Å². The van der Waals surface area contributed by atoms with Gasteiger partial charge in [-0.2, -0.15) is 0 Å². The van der Waals surface area contributed by atoms with Crippen LogP contribution in [0, 0.1) is 0 Å². The Bertz CT molecular complexity index is 604. The average molecular weight is 297 g/mol. The summed E-state index contributed by atoms with van der Waals surface area (Å²) < 4.78 is 2.04. The van der Waals surface area contributed by atoms with Gasteiger partial charge in [0.15, 0.2) is 0 Å². The highest BCUT2D eigenvalue weighted by Crippen LogP contribution is 2.21. The van der Waals surface area contributed by atoms with Gasteiger partial charge in [-0.1, -0.05) is 6.92 Å². The summed E-state index contributed by atoms with van der Waals surface area (Å²) in [5.41, 5.74) is 1.94. The predicted molar refractivity (Wildman–Crippen MR) is 89.4 cm³/mol. The summed E-state index contributed by atoms with van der Waals surface area (Å²) in [6, 6.07) is 12.4. The van der Waals surface area contributed by atoms with Crippen LogP contribution in [0.3, 0.4) is 0 Å². The number of amides is 2. The summed E-state index contributed by atoms with van der Waals surface area (Å²) >= 11 is 0. The molecule has 0 radical (unpaired) electrons. The molecule has 2 heterocycles. The third-order valence-electron chi connectivity index (χ3n) is 4.38. The van der Waals surface area contributed by atoms with Crippen molar-refractivity contribution in [2.24, 2.45) is 0 Å². The summed E-state index contributed by atoms with van der Waals surface area (Å²) in [6.07, 6.45) is 8.50. The van der Waals surface area contributed by atoms with Gasteiger partial charge in [0.25, 0.3) is 0 Å². The summed E-state index contributed by atoms with van der Waals surface area (Å²) in [7, 11) is 0. The third kappa shape index (κ3) is 3.16. The van der Waals surface area contributed by atoms with Crippen LogP contribution in [0.2, 0.25) is 0 Å². The van der Waals surface area contributed by atoms with Gasteiger partial charge in [0.1, 0.15) is 0 Å². The molecule has 1 saturated heterocycles. The van der Waals surface area contributed by atoms with Crippen molar-refractivity contribution in [2.45, 2.75) is 38.6 Å². The molecule has 4 nitrogen and oxygen atoms in total. The van der Waals surface area contributed by atoms with Crippen LogP contribution in [-0.4, -0.2) is 28.1 Å². The Morgan fingerprint density at radius 2 is 1.91 bits per heavy atom. The van der Waals surface area contributed by atoms with Crippen molar-refractivity contribution in [3.8, 4) is 5.69 Å². The van der Waals surface area contributed by atoms with Gasteiger partial charge in [-0.25, -0.2) is 4.79 Å². The van der Waals surface area contributed by atoms with Crippen LogP contribution in [0.5, 0.6) is 0 Å². The number of hydrogen-bond acceptors (Lipinski definition) is 1. The van der Waals surface area contributed by atoms with E-state index in [2.05, 4.69) is 12.2 Å². The fourth-order valence-electron chi connectivity index (χ4n) is 3.11. The van der Waals surface area contributed by atoms with Crippen LogP contribution < -0.4 is 5.32 Å². The minimum Gasteiger partial charge on any atom is -0.324 e. The van der Waals surface area contributed by atoms with Crippen molar-refractivity contribution < 1.29 is 4.79 Å². The van der Waals surface area contributed by atoms with Crippen molar-refractivity contribution >= 4 is 11.7 Å². The fraction of sp³-hybridized carbons (Fsp3) is 0.389. The van der Waals surface area contributed by atoms with E-state index in [1.165, 1.54) is 6.42 Å². The molecular formula is C18H23N3O. The van der Waals surface area contributed by atoms with E-state index >= 15 is 0 Å². The van der Waals surface area contributed by atoms with E-state index in [4.69, 9.17) is 0 Å². The molecule has 1 aliphatic rings. The van der Waals surface area contributed by atoms with Crippen molar-refractivity contribution in [3.05, 3.63) is 48.8 Å². The third-order valence-corrected chi connectivity index (χ3v) is 4.38. The smallest absolute Gasteiger partial charge is 0.322 e. The van der Waals surface area contributed by atoms with Gasteiger partial charge in [0, 0.05) is 36.4 Å². The second kappa shape index (κ2) is 6.69. The van der Waals surface area contributed by atoms with Gasteiger partial charge in [-0.05, 0) is 62.1 Å². The molecule has 1 atom stereocenters. The molecule has 1 aliphatic heterocycles. The van der Waals surface area contributed by atoms with E-state index in [0.717, 1.165) is 37.2 Å². The second-order valence-electron chi connectivity index (χ2n) is 5.82. The van der Waals surface area contributed by atoms with Crippen molar-refractivity contribution in [3.63, 3.8) is 0 Å². The number of aromatic nitrogens is 1. The molecule has 0 spiro atoms. The van der Waals surface area contributed by atoms with Crippen LogP contribution in [0.25, 0.3) is 5.69 Å². The van der Waals surface area contributed by atoms with Gasteiger partial charge >= 0.3 is 6.03 Å². The number of hydrogen-bond donors (Lipinski definition) is 1. The summed E-state index contributed by atoms with van der Waals surface area (Å²) in [5.74, 6) is 0. The van der Waals surface area contributed by atoms with Crippen molar-refractivity contribution in [1.29, 1.82) is 0 Å². The first-order valence-electron chi connectivity index (χ1n) is 8.09. The lowest BCUT2D eigenvalue weighted by molar-refractivity contribution is 0.160. The van der Waals surface area contributed by atoms with Gasteiger partial charge in [0.2, 0.25) is 0 Å². The van der Waals surface area contributed by atoms with E-state index in [1.54, 1.807) is 0 Å². The molecule has 0 saturated carbocycles. The quantitative estimate of drug-likeness (QED) is 0.902. The number of urea groups is 1. The number of rotatable bonds is 3. The SMILES string of the molecule is CCC1CCCCN1C(=O)Nc1ccc(-n2cccc2)cc1. The summed E-state index contributed by atoms with van der Waals surface area (Å²) in [6.45, 7) is 3.02. The summed E-state index contributed by atoms with van der Waals surface area (Å²) in [5, 5.41) is 3.03. The number of carbonyl (C=O) groups is 1. The Hall–Kier alpha value is -2.23. The predicted octanol–water partition coefficient (Wildman–Crippen LogP) is 4.27. The van der Waals surface area contributed by atoms with Crippen LogP contribution in [-0.2, 0) is 0 Å². The van der Waals surface area contributed by atoms with E-state index in [0.29, 0.717) is 6.04 Å². The Morgan fingerprint density at radius 1 is 1.18 bits per heavy atom. The number of benzene rings is 1. The number of nitrogens with one attached hydrogen (secondary N) is 1. The number of piperidine rings is 1. The minimum atomic E-state index is 0.0280. The zero-order valence-electron chi connectivity index (χ0n) is 13.0. The molecule has 1 aromatic carbocycles. The lowest BCUT2D eigenvalue weighted by Crippen LogP contribution is -2.45. The molecule has 1 N–H and O–H groups in total. The number of anilines is 1. The normalized spacial score (nSPS) is 18.2. The Labute approximate surface area is 131 Å². The van der Waals surface area contributed by atoms with E-state index in [1.807, 2.05) is 58.3 Å². The lowest BCUT2D eigenvalue weighted by Gasteiger charge is -2.35. The molecule has 0 aliphatic carbocycles. The Balaban J connectivity index is 1.66. The lowest BCUT2D eigenvalue weighted by atomic mass is 10.0. The van der Waals surface area contributed by atoms with Crippen molar-refractivity contribution in [1.82, 2.24) is 9.47 Å². The Morgan fingerprint density at radius 3 is 2.59 bits per heavy atom. The summed E-state index contributed by atoms with van der Waals surface area (Å²) in [4.78, 5) is 14.4. The fourth-order valence-corrected chi connectivity index (χ4v) is 3.11. The molecular weight excluding hydrogens is 274 g/mol. The zero-order valence-corrected chi connectivity index (χ0v) is 13.0. The molecule has 116 valence electrons. The average Bonchev–Trinajstić information content (AvgIpc) is 3.10. The molecule has 4 heteroatoms. The van der Waals surface area contributed by atoms with E-state index < -0.39 is 0 Å². The van der Waals surface area contributed by atoms with Gasteiger partial charge < -0.3 is 14.8 Å². The monoisotopic (exact) mass is 297 g/mol. The first kappa shape index (κ1) is 14.7. The van der Waals surface area contributed by atoms with Crippen LogP contribution >= 0.6 is 0 Å². The topological polar surface area (TPSA) is 37.3 Å². The van der Waals surface area contributed by atoms with Crippen LogP contribution in [0.4, 0.5) is 10.5 Å². The second-order valence-corrected chi connectivity index (χ2v) is 5.82. The highest BCUT2D eigenvalue weighted by Gasteiger charge is 2.25. The highest BCUT2D eigenvalue weighted by atomic mass is 16.2. The van der Waals surface area contributed by atoms with Crippen LogP contribution in [0.1, 0.15) is 32.6 Å². The first-order chi connectivity index (χ1) is 10.8. The molecule has 22 heavy (non-hydrogen) atoms. The number of nitrogens with zero attached hydrogens (tertiary/aromatic N) is 2. The molecule has 1 fully saturated rings. The minimum absolute atomic E-state index is 0.0280. The molecule has 1 aromatic heterocycles. The Kier molecular flexibility index (Phi) is 4.47. The molecule has 2 amide bonds. The van der Waals surface area contributed by atoms with E-state index in [9.17, 15) is 4.79 Å². The maximum atomic E-state index is 12.5. The van der Waals surface area contributed by atoms with Crippen LogP contribution in [0.15, 0.2) is 48.8 Å². The molecule has 2 aromatic rings. The van der Waals surface area contributed by atoms with Gasteiger partial charge in [0.05, 0.1) is 0 Å². The number of carbonyl (C=O) groups excluding carboxylic acids is 1. The van der Waals surface area contributed by atoms with E-state index in [-0.39, 0.29) is 6.03 Å². The molecule has 3 rings (SSSR count). The molecule has 0 bridgehead atoms. The highest BCUT2D eigenvalue weighted by molar-refractivity contribution is 5.89. The maximum Gasteiger partial charge on any atom is 0.322 e.